The number of hydrogen-bond donors (Lipinski definition) is 1. The van der Waals surface area contributed by atoms with Crippen molar-refractivity contribution in [2.75, 3.05) is 37.6 Å². The molecule has 0 spiro atoms. The molecule has 2 aromatic heterocycles. The second kappa shape index (κ2) is 7.15. The van der Waals surface area contributed by atoms with Gasteiger partial charge in [-0.15, -0.1) is 0 Å². The number of fused-ring (bicyclic) bond motifs is 2. The quantitative estimate of drug-likeness (QED) is 0.578. The van der Waals surface area contributed by atoms with Crippen molar-refractivity contribution in [2.24, 2.45) is 0 Å². The van der Waals surface area contributed by atoms with E-state index in [2.05, 4.69) is 20.9 Å². The monoisotopic (exact) mass is 388 g/mol. The number of nitriles is 1. The number of rotatable bonds is 4. The molecule has 7 nitrogen and oxygen atoms in total. The summed E-state index contributed by atoms with van der Waals surface area (Å²) in [5, 5.41) is 10.2. The van der Waals surface area contributed by atoms with E-state index in [0.717, 1.165) is 66.9 Å². The van der Waals surface area contributed by atoms with E-state index in [9.17, 15) is 4.79 Å². The Morgan fingerprint density at radius 2 is 2.00 bits per heavy atom. The number of benzene rings is 2. The van der Waals surface area contributed by atoms with E-state index in [1.807, 2.05) is 30.3 Å². The van der Waals surface area contributed by atoms with Crippen molar-refractivity contribution in [2.45, 2.75) is 6.42 Å². The van der Waals surface area contributed by atoms with Crippen LogP contribution in [0.5, 0.6) is 0 Å². The topological polar surface area (TPSA) is 89.4 Å². The van der Waals surface area contributed by atoms with Gasteiger partial charge in [0.05, 0.1) is 29.1 Å². The third-order valence-corrected chi connectivity index (χ3v) is 5.62. The summed E-state index contributed by atoms with van der Waals surface area (Å²) in [6.07, 6.45) is 2.68. The molecule has 0 saturated carbocycles. The number of nitrogens with zero attached hydrogens (tertiary/aromatic N) is 3. The summed E-state index contributed by atoms with van der Waals surface area (Å²) in [6.45, 7) is 4.55. The van der Waals surface area contributed by atoms with Gasteiger partial charge in [0.2, 0.25) is 0 Å². The highest BCUT2D eigenvalue weighted by atomic mass is 16.4. The highest BCUT2D eigenvalue weighted by Crippen LogP contribution is 2.26. The SMILES string of the molecule is N#Cc1ccc2occ(CCN3CCN(c4cccc5[nH]c(=O)oc45)CC3)c2c1. The van der Waals surface area contributed by atoms with Gasteiger partial charge in [0.15, 0.2) is 5.58 Å². The first-order valence-corrected chi connectivity index (χ1v) is 9.70. The lowest BCUT2D eigenvalue weighted by Gasteiger charge is -2.35. The van der Waals surface area contributed by atoms with Crippen LogP contribution < -0.4 is 10.7 Å². The second-order valence-electron chi connectivity index (χ2n) is 7.33. The number of anilines is 1. The van der Waals surface area contributed by atoms with Crippen molar-refractivity contribution in [1.29, 1.82) is 5.26 Å². The van der Waals surface area contributed by atoms with Gasteiger partial charge in [-0.1, -0.05) is 6.07 Å². The highest BCUT2D eigenvalue weighted by molar-refractivity contribution is 5.86. The molecule has 29 heavy (non-hydrogen) atoms. The van der Waals surface area contributed by atoms with Crippen LogP contribution in [0.3, 0.4) is 0 Å². The molecule has 4 aromatic rings. The minimum Gasteiger partial charge on any atom is -0.464 e. The van der Waals surface area contributed by atoms with E-state index >= 15 is 0 Å². The number of nitrogens with one attached hydrogen (secondary N) is 1. The molecule has 5 rings (SSSR count). The van der Waals surface area contributed by atoms with Gasteiger partial charge in [0, 0.05) is 38.1 Å². The van der Waals surface area contributed by atoms with Gasteiger partial charge >= 0.3 is 5.76 Å². The van der Waals surface area contributed by atoms with Crippen LogP contribution in [0.4, 0.5) is 5.69 Å². The lowest BCUT2D eigenvalue weighted by atomic mass is 10.1. The van der Waals surface area contributed by atoms with E-state index in [4.69, 9.17) is 14.1 Å². The van der Waals surface area contributed by atoms with Gasteiger partial charge in [0.1, 0.15) is 5.58 Å². The zero-order valence-electron chi connectivity index (χ0n) is 15.9. The predicted octanol–water partition coefficient (Wildman–Crippen LogP) is 3.10. The molecule has 1 aliphatic rings. The first-order valence-electron chi connectivity index (χ1n) is 9.70. The maximum atomic E-state index is 11.5. The fourth-order valence-electron chi connectivity index (χ4n) is 4.04. The van der Waals surface area contributed by atoms with E-state index in [1.165, 1.54) is 0 Å². The normalized spacial score (nSPS) is 15.2. The summed E-state index contributed by atoms with van der Waals surface area (Å²) in [5.41, 5.74) is 4.94. The molecule has 1 fully saturated rings. The van der Waals surface area contributed by atoms with Crippen molar-refractivity contribution >= 4 is 27.8 Å². The predicted molar refractivity (Wildman–Crippen MR) is 110 cm³/mol. The van der Waals surface area contributed by atoms with Gasteiger partial charge in [-0.3, -0.25) is 9.88 Å². The molecule has 3 heterocycles. The minimum atomic E-state index is -0.419. The number of piperazine rings is 1. The standard InChI is InChI=1S/C22H20N4O3/c23-13-15-4-5-20-17(12-15)16(14-28-20)6-7-25-8-10-26(11-9-25)19-3-1-2-18-21(19)29-22(27)24-18/h1-5,12,14H,6-11H2,(H,24,27). The molecule has 0 aliphatic carbocycles. The fraction of sp³-hybridized carbons (Fsp3) is 0.273. The van der Waals surface area contributed by atoms with Crippen LogP contribution >= 0.6 is 0 Å². The Labute approximate surface area is 166 Å². The first-order chi connectivity index (χ1) is 14.2. The first kappa shape index (κ1) is 17.6. The molecule has 7 heteroatoms. The lowest BCUT2D eigenvalue weighted by molar-refractivity contribution is 0.261. The molecule has 0 bridgehead atoms. The zero-order chi connectivity index (χ0) is 19.8. The Hall–Kier alpha value is -3.50. The Morgan fingerprint density at radius 1 is 1.14 bits per heavy atom. The van der Waals surface area contributed by atoms with Crippen molar-refractivity contribution in [3.63, 3.8) is 0 Å². The number of oxazole rings is 1. The van der Waals surface area contributed by atoms with Gasteiger partial charge in [-0.05, 0) is 42.3 Å². The van der Waals surface area contributed by atoms with E-state index in [0.29, 0.717) is 11.1 Å². The Kier molecular flexibility index (Phi) is 4.34. The number of aromatic amines is 1. The summed E-state index contributed by atoms with van der Waals surface area (Å²) in [6, 6.07) is 13.5. The van der Waals surface area contributed by atoms with Crippen LogP contribution in [0.2, 0.25) is 0 Å². The molecule has 0 atom stereocenters. The van der Waals surface area contributed by atoms with Crippen LogP contribution in [-0.4, -0.2) is 42.6 Å². The molecule has 0 amide bonds. The summed E-state index contributed by atoms with van der Waals surface area (Å²) >= 11 is 0. The Bertz CT molecular complexity index is 1270. The van der Waals surface area contributed by atoms with Crippen molar-refractivity contribution in [3.8, 4) is 6.07 Å². The summed E-state index contributed by atoms with van der Waals surface area (Å²) in [5.74, 6) is -0.419. The average Bonchev–Trinajstić information content (AvgIpc) is 3.34. The van der Waals surface area contributed by atoms with Crippen LogP contribution in [0.15, 0.2) is 56.3 Å². The Balaban J connectivity index is 1.25. The van der Waals surface area contributed by atoms with Crippen molar-refractivity contribution in [1.82, 2.24) is 9.88 Å². The molecule has 2 aromatic carbocycles. The number of H-pyrrole nitrogens is 1. The smallest absolute Gasteiger partial charge is 0.417 e. The summed E-state index contributed by atoms with van der Waals surface area (Å²) in [7, 11) is 0. The van der Waals surface area contributed by atoms with Crippen molar-refractivity contribution < 1.29 is 8.83 Å². The largest absolute Gasteiger partial charge is 0.464 e. The number of aromatic nitrogens is 1. The molecule has 0 unspecified atom stereocenters. The lowest BCUT2D eigenvalue weighted by Crippen LogP contribution is -2.47. The van der Waals surface area contributed by atoms with E-state index < -0.39 is 5.76 Å². The van der Waals surface area contributed by atoms with Crippen LogP contribution in [0.25, 0.3) is 22.1 Å². The van der Waals surface area contributed by atoms with Crippen LogP contribution in [-0.2, 0) is 6.42 Å². The maximum Gasteiger partial charge on any atom is 0.417 e. The number of hydrogen-bond acceptors (Lipinski definition) is 6. The van der Waals surface area contributed by atoms with Crippen LogP contribution in [0, 0.1) is 11.3 Å². The number of para-hydroxylation sites is 1. The average molecular weight is 388 g/mol. The molecular formula is C22H20N4O3. The highest BCUT2D eigenvalue weighted by Gasteiger charge is 2.20. The summed E-state index contributed by atoms with van der Waals surface area (Å²) < 4.78 is 11.0. The maximum absolute atomic E-state index is 11.5. The van der Waals surface area contributed by atoms with E-state index in [-0.39, 0.29) is 0 Å². The second-order valence-corrected chi connectivity index (χ2v) is 7.33. The Morgan fingerprint density at radius 3 is 2.83 bits per heavy atom. The van der Waals surface area contributed by atoms with Crippen molar-refractivity contribution in [3.05, 3.63) is 64.3 Å². The fourth-order valence-corrected chi connectivity index (χ4v) is 4.04. The minimum absolute atomic E-state index is 0.419. The van der Waals surface area contributed by atoms with Gasteiger partial charge in [-0.25, -0.2) is 4.79 Å². The number of furan rings is 1. The molecular weight excluding hydrogens is 368 g/mol. The summed E-state index contributed by atoms with van der Waals surface area (Å²) in [4.78, 5) is 18.9. The zero-order valence-corrected chi connectivity index (χ0v) is 15.9. The third kappa shape index (κ3) is 3.28. The van der Waals surface area contributed by atoms with Crippen LogP contribution in [0.1, 0.15) is 11.1 Å². The van der Waals surface area contributed by atoms with E-state index in [1.54, 1.807) is 12.3 Å². The third-order valence-electron chi connectivity index (χ3n) is 5.62. The van der Waals surface area contributed by atoms with Gasteiger partial charge in [0.25, 0.3) is 0 Å². The van der Waals surface area contributed by atoms with Gasteiger partial charge < -0.3 is 13.7 Å². The molecule has 0 radical (unpaired) electrons. The van der Waals surface area contributed by atoms with Gasteiger partial charge in [-0.2, -0.15) is 5.26 Å². The molecule has 1 N–H and O–H groups in total. The molecule has 1 aliphatic heterocycles. The molecule has 1 saturated heterocycles. The molecule has 146 valence electrons.